The van der Waals surface area contributed by atoms with Crippen LogP contribution in [0.4, 0.5) is 0 Å². The van der Waals surface area contributed by atoms with E-state index in [9.17, 15) is 0 Å². The van der Waals surface area contributed by atoms with Gasteiger partial charge in [-0.05, 0) is 34.0 Å². The topological polar surface area (TPSA) is 59.1 Å². The molecule has 66 valence electrons. The maximum Gasteiger partial charge on any atom is 0.0449 e. The van der Waals surface area contributed by atoms with Crippen molar-refractivity contribution in [2.75, 3.05) is 6.61 Å². The lowest BCUT2D eigenvalue weighted by molar-refractivity contribution is 0.276. The number of aliphatic hydroxyl groups is 1. The van der Waals surface area contributed by atoms with Gasteiger partial charge in [0.1, 0.15) is 0 Å². The average Bonchev–Trinajstić information content (AvgIpc) is 2.05. The molecule has 1 aromatic heterocycles. The van der Waals surface area contributed by atoms with E-state index in [0.29, 0.717) is 6.42 Å². The summed E-state index contributed by atoms with van der Waals surface area (Å²) in [5, 5.41) is 8.66. The summed E-state index contributed by atoms with van der Waals surface area (Å²) >= 11 is 3.30. The minimum atomic E-state index is -0.125. The Kier molecular flexibility index (Phi) is 3.65. The van der Waals surface area contributed by atoms with Gasteiger partial charge in [-0.25, -0.2) is 0 Å². The molecular formula is C8H11BrN2O. The molecule has 1 heterocycles. The van der Waals surface area contributed by atoms with Crippen LogP contribution in [0.15, 0.2) is 22.9 Å². The molecule has 0 aliphatic carbocycles. The van der Waals surface area contributed by atoms with Crippen molar-refractivity contribution in [3.8, 4) is 0 Å². The van der Waals surface area contributed by atoms with Gasteiger partial charge in [-0.15, -0.1) is 0 Å². The molecule has 3 N–H and O–H groups in total. The molecule has 0 aromatic carbocycles. The monoisotopic (exact) mass is 230 g/mol. The minimum absolute atomic E-state index is 0.105. The van der Waals surface area contributed by atoms with E-state index in [2.05, 4.69) is 20.9 Å². The second-order valence-electron chi connectivity index (χ2n) is 2.56. The minimum Gasteiger partial charge on any atom is -0.396 e. The number of hydrogen-bond acceptors (Lipinski definition) is 3. The van der Waals surface area contributed by atoms with Crippen molar-refractivity contribution in [2.45, 2.75) is 12.5 Å². The SMILES string of the molecule is N[C@@H](CCO)c1cncc(Br)c1. The van der Waals surface area contributed by atoms with Crippen LogP contribution in [0, 0.1) is 0 Å². The van der Waals surface area contributed by atoms with Gasteiger partial charge in [-0.2, -0.15) is 0 Å². The second kappa shape index (κ2) is 4.54. The van der Waals surface area contributed by atoms with Gasteiger partial charge in [0, 0.05) is 29.5 Å². The van der Waals surface area contributed by atoms with Crippen molar-refractivity contribution in [1.82, 2.24) is 4.98 Å². The van der Waals surface area contributed by atoms with Gasteiger partial charge >= 0.3 is 0 Å². The Morgan fingerprint density at radius 2 is 2.33 bits per heavy atom. The predicted octanol–water partition coefficient (Wildman–Crippen LogP) is 1.23. The van der Waals surface area contributed by atoms with Crippen LogP contribution in [0.25, 0.3) is 0 Å². The van der Waals surface area contributed by atoms with Crippen molar-refractivity contribution < 1.29 is 5.11 Å². The van der Waals surface area contributed by atoms with E-state index in [0.717, 1.165) is 10.0 Å². The predicted molar refractivity (Wildman–Crippen MR) is 50.6 cm³/mol. The maximum atomic E-state index is 8.66. The highest BCUT2D eigenvalue weighted by atomic mass is 79.9. The number of aliphatic hydroxyl groups excluding tert-OH is 1. The summed E-state index contributed by atoms with van der Waals surface area (Å²) in [7, 11) is 0. The highest BCUT2D eigenvalue weighted by Gasteiger charge is 2.04. The van der Waals surface area contributed by atoms with Crippen molar-refractivity contribution in [3.63, 3.8) is 0 Å². The van der Waals surface area contributed by atoms with Gasteiger partial charge in [-0.1, -0.05) is 0 Å². The molecule has 0 aliphatic heterocycles. The first kappa shape index (κ1) is 9.64. The van der Waals surface area contributed by atoms with Crippen molar-refractivity contribution in [1.29, 1.82) is 0 Å². The fraction of sp³-hybridized carbons (Fsp3) is 0.375. The summed E-state index contributed by atoms with van der Waals surface area (Å²) in [5.41, 5.74) is 6.70. The first-order valence-electron chi connectivity index (χ1n) is 3.71. The van der Waals surface area contributed by atoms with E-state index in [1.165, 1.54) is 0 Å². The molecule has 0 fully saturated rings. The molecule has 0 unspecified atom stereocenters. The summed E-state index contributed by atoms with van der Waals surface area (Å²) in [6, 6.07) is 1.79. The summed E-state index contributed by atoms with van der Waals surface area (Å²) in [4.78, 5) is 3.98. The van der Waals surface area contributed by atoms with Crippen molar-refractivity contribution >= 4 is 15.9 Å². The number of hydrogen-bond donors (Lipinski definition) is 2. The molecular weight excluding hydrogens is 220 g/mol. The van der Waals surface area contributed by atoms with E-state index in [4.69, 9.17) is 10.8 Å². The van der Waals surface area contributed by atoms with Crippen LogP contribution in [0.5, 0.6) is 0 Å². The van der Waals surface area contributed by atoms with Crippen LogP contribution in [-0.2, 0) is 0 Å². The van der Waals surface area contributed by atoms with E-state index in [1.54, 1.807) is 12.4 Å². The Balaban J connectivity index is 2.73. The number of aromatic nitrogens is 1. The van der Waals surface area contributed by atoms with Gasteiger partial charge in [0.2, 0.25) is 0 Å². The molecule has 0 saturated heterocycles. The first-order chi connectivity index (χ1) is 5.74. The van der Waals surface area contributed by atoms with Crippen molar-refractivity contribution in [2.24, 2.45) is 5.73 Å². The zero-order valence-corrected chi connectivity index (χ0v) is 8.16. The Morgan fingerprint density at radius 3 is 2.92 bits per heavy atom. The van der Waals surface area contributed by atoms with Crippen LogP contribution < -0.4 is 5.73 Å². The third kappa shape index (κ3) is 2.55. The zero-order valence-electron chi connectivity index (χ0n) is 6.57. The van der Waals surface area contributed by atoms with Crippen LogP contribution in [0.1, 0.15) is 18.0 Å². The lowest BCUT2D eigenvalue weighted by Gasteiger charge is -2.09. The van der Waals surface area contributed by atoms with Crippen LogP contribution >= 0.6 is 15.9 Å². The number of rotatable bonds is 3. The van der Waals surface area contributed by atoms with Gasteiger partial charge < -0.3 is 10.8 Å². The molecule has 1 rings (SSSR count). The molecule has 3 nitrogen and oxygen atoms in total. The van der Waals surface area contributed by atoms with Crippen LogP contribution in [-0.4, -0.2) is 16.7 Å². The van der Waals surface area contributed by atoms with Gasteiger partial charge in [0.25, 0.3) is 0 Å². The number of pyridine rings is 1. The van der Waals surface area contributed by atoms with Crippen LogP contribution in [0.3, 0.4) is 0 Å². The van der Waals surface area contributed by atoms with Gasteiger partial charge in [0.05, 0.1) is 0 Å². The molecule has 12 heavy (non-hydrogen) atoms. The molecule has 1 atom stereocenters. The zero-order chi connectivity index (χ0) is 8.97. The van der Waals surface area contributed by atoms with Gasteiger partial charge in [0.15, 0.2) is 0 Å². The van der Waals surface area contributed by atoms with E-state index in [-0.39, 0.29) is 12.6 Å². The normalized spacial score (nSPS) is 12.9. The Bertz CT molecular complexity index is 255. The largest absolute Gasteiger partial charge is 0.396 e. The molecule has 0 radical (unpaired) electrons. The summed E-state index contributed by atoms with van der Waals surface area (Å²) < 4.78 is 0.911. The molecule has 0 amide bonds. The lowest BCUT2D eigenvalue weighted by Crippen LogP contribution is -2.12. The third-order valence-corrected chi connectivity index (χ3v) is 2.03. The number of halogens is 1. The summed E-state index contributed by atoms with van der Waals surface area (Å²) in [5.74, 6) is 0. The average molecular weight is 231 g/mol. The first-order valence-corrected chi connectivity index (χ1v) is 4.50. The van der Waals surface area contributed by atoms with E-state index in [1.807, 2.05) is 6.07 Å². The third-order valence-electron chi connectivity index (χ3n) is 1.59. The molecule has 1 aromatic rings. The van der Waals surface area contributed by atoms with Crippen molar-refractivity contribution in [3.05, 3.63) is 28.5 Å². The highest BCUT2D eigenvalue weighted by molar-refractivity contribution is 9.10. The smallest absolute Gasteiger partial charge is 0.0449 e. The van der Waals surface area contributed by atoms with E-state index < -0.39 is 0 Å². The Labute approximate surface area is 79.7 Å². The molecule has 0 spiro atoms. The molecule has 0 aliphatic rings. The quantitative estimate of drug-likeness (QED) is 0.822. The second-order valence-corrected chi connectivity index (χ2v) is 3.47. The fourth-order valence-corrected chi connectivity index (χ4v) is 1.32. The Morgan fingerprint density at radius 1 is 1.58 bits per heavy atom. The maximum absolute atomic E-state index is 8.66. The number of nitrogens with two attached hydrogens (primary N) is 1. The number of nitrogens with zero attached hydrogens (tertiary/aromatic N) is 1. The molecule has 4 heteroatoms. The Hall–Kier alpha value is -0.450. The molecule has 0 saturated carbocycles. The van der Waals surface area contributed by atoms with E-state index >= 15 is 0 Å². The standard InChI is InChI=1S/C8H11BrN2O/c9-7-3-6(4-11-5-7)8(10)1-2-12/h3-5,8,12H,1-2,10H2/t8-/m0/s1. The fourth-order valence-electron chi connectivity index (χ4n) is 0.937. The summed E-state index contributed by atoms with van der Waals surface area (Å²) in [6.45, 7) is 0.105. The highest BCUT2D eigenvalue weighted by Crippen LogP contribution is 2.16. The lowest BCUT2D eigenvalue weighted by atomic mass is 10.1. The molecule has 0 bridgehead atoms. The van der Waals surface area contributed by atoms with Crippen LogP contribution in [0.2, 0.25) is 0 Å². The van der Waals surface area contributed by atoms with Gasteiger partial charge in [-0.3, -0.25) is 4.98 Å². The summed E-state index contributed by atoms with van der Waals surface area (Å²) in [6.07, 6.45) is 3.98.